The van der Waals surface area contributed by atoms with Crippen molar-refractivity contribution in [2.24, 2.45) is 11.8 Å². The molecule has 1 aromatic carbocycles. The number of amides is 3. The lowest BCUT2D eigenvalue weighted by molar-refractivity contribution is -0.119. The molecule has 0 radical (unpaired) electrons. The Morgan fingerprint density at radius 1 is 1.17 bits per heavy atom. The SMILES string of the molecule is CCNC(=O)N1CC[C@H]2CC(=O)N(c3ccccc3)CC[C@H]2C1. The Bertz CT molecular complexity index is 561. The van der Waals surface area contributed by atoms with Crippen molar-refractivity contribution in [1.29, 1.82) is 0 Å². The number of piperidine rings is 1. The Kier molecular flexibility index (Phi) is 4.84. The number of nitrogens with one attached hydrogen (secondary N) is 1. The first kappa shape index (κ1) is 15.8. The third kappa shape index (κ3) is 3.49. The Hall–Kier alpha value is -2.04. The van der Waals surface area contributed by atoms with E-state index in [1.54, 1.807) is 0 Å². The Balaban J connectivity index is 1.68. The van der Waals surface area contributed by atoms with Crippen LogP contribution in [0.4, 0.5) is 10.5 Å². The summed E-state index contributed by atoms with van der Waals surface area (Å²) in [7, 11) is 0. The van der Waals surface area contributed by atoms with Crippen LogP contribution >= 0.6 is 0 Å². The number of urea groups is 1. The van der Waals surface area contributed by atoms with Crippen LogP contribution in [0, 0.1) is 11.8 Å². The minimum atomic E-state index is 0.0291. The molecular weight excluding hydrogens is 290 g/mol. The van der Waals surface area contributed by atoms with Crippen molar-refractivity contribution in [2.45, 2.75) is 26.2 Å². The lowest BCUT2D eigenvalue weighted by atomic mass is 9.82. The van der Waals surface area contributed by atoms with Gasteiger partial charge in [-0.15, -0.1) is 0 Å². The zero-order chi connectivity index (χ0) is 16.2. The first-order chi connectivity index (χ1) is 11.2. The number of likely N-dealkylation sites (tertiary alicyclic amines) is 1. The zero-order valence-electron chi connectivity index (χ0n) is 13.7. The molecule has 2 heterocycles. The van der Waals surface area contributed by atoms with Gasteiger partial charge < -0.3 is 15.1 Å². The first-order valence-electron chi connectivity index (χ1n) is 8.57. The molecule has 1 N–H and O–H groups in total. The van der Waals surface area contributed by atoms with Crippen LogP contribution in [0.3, 0.4) is 0 Å². The second-order valence-electron chi connectivity index (χ2n) is 6.46. The third-order valence-electron chi connectivity index (χ3n) is 5.04. The van der Waals surface area contributed by atoms with Crippen LogP contribution in [0.15, 0.2) is 30.3 Å². The molecule has 0 spiro atoms. The van der Waals surface area contributed by atoms with Crippen molar-refractivity contribution in [3.8, 4) is 0 Å². The number of rotatable bonds is 2. The molecule has 0 saturated carbocycles. The standard InChI is InChI=1S/C18H25N3O2/c1-2-19-18(23)20-10-8-14-12-17(22)21(11-9-15(14)13-20)16-6-4-3-5-7-16/h3-7,14-15H,2,8-13H2,1H3,(H,19,23)/t14-,15-/m0/s1. The summed E-state index contributed by atoms with van der Waals surface area (Å²) < 4.78 is 0. The van der Waals surface area contributed by atoms with Gasteiger partial charge in [-0.2, -0.15) is 0 Å². The van der Waals surface area contributed by atoms with Gasteiger partial charge in [-0.05, 0) is 43.7 Å². The van der Waals surface area contributed by atoms with Crippen molar-refractivity contribution in [3.63, 3.8) is 0 Å². The highest BCUT2D eigenvalue weighted by molar-refractivity contribution is 5.93. The molecule has 0 bridgehead atoms. The molecule has 124 valence electrons. The van der Waals surface area contributed by atoms with E-state index < -0.39 is 0 Å². The van der Waals surface area contributed by atoms with Gasteiger partial charge in [0.25, 0.3) is 0 Å². The summed E-state index contributed by atoms with van der Waals surface area (Å²) in [6.45, 7) is 4.86. The summed E-state index contributed by atoms with van der Waals surface area (Å²) >= 11 is 0. The number of hydrogen-bond donors (Lipinski definition) is 1. The van der Waals surface area contributed by atoms with E-state index in [0.717, 1.165) is 38.2 Å². The zero-order valence-corrected chi connectivity index (χ0v) is 13.7. The normalized spacial score (nSPS) is 24.8. The topological polar surface area (TPSA) is 52.7 Å². The molecule has 2 saturated heterocycles. The van der Waals surface area contributed by atoms with Crippen molar-refractivity contribution < 1.29 is 9.59 Å². The third-order valence-corrected chi connectivity index (χ3v) is 5.04. The molecule has 3 amide bonds. The molecule has 0 aliphatic carbocycles. The molecule has 0 aromatic heterocycles. The van der Waals surface area contributed by atoms with E-state index in [9.17, 15) is 9.59 Å². The van der Waals surface area contributed by atoms with Crippen LogP contribution in [0.1, 0.15) is 26.2 Å². The van der Waals surface area contributed by atoms with E-state index in [1.165, 1.54) is 0 Å². The van der Waals surface area contributed by atoms with Gasteiger partial charge in [-0.1, -0.05) is 18.2 Å². The van der Waals surface area contributed by atoms with Gasteiger partial charge in [-0.3, -0.25) is 4.79 Å². The number of carbonyl (C=O) groups excluding carboxylic acids is 2. The number of anilines is 1. The number of carbonyl (C=O) groups is 2. The minimum absolute atomic E-state index is 0.0291. The first-order valence-corrected chi connectivity index (χ1v) is 8.57. The van der Waals surface area contributed by atoms with Crippen molar-refractivity contribution in [1.82, 2.24) is 10.2 Å². The molecule has 2 aliphatic heterocycles. The van der Waals surface area contributed by atoms with E-state index >= 15 is 0 Å². The quantitative estimate of drug-likeness (QED) is 0.911. The van der Waals surface area contributed by atoms with E-state index in [0.29, 0.717) is 24.8 Å². The van der Waals surface area contributed by atoms with Gasteiger partial charge in [0.15, 0.2) is 0 Å². The monoisotopic (exact) mass is 315 g/mol. The fourth-order valence-electron chi connectivity index (χ4n) is 3.76. The largest absolute Gasteiger partial charge is 0.338 e. The maximum atomic E-state index is 12.6. The summed E-state index contributed by atoms with van der Waals surface area (Å²) in [6, 6.07) is 9.92. The van der Waals surface area contributed by atoms with Gasteiger partial charge in [0.05, 0.1) is 0 Å². The van der Waals surface area contributed by atoms with E-state index in [1.807, 2.05) is 47.1 Å². The number of nitrogens with zero attached hydrogens (tertiary/aromatic N) is 2. The van der Waals surface area contributed by atoms with Crippen molar-refractivity contribution >= 4 is 17.6 Å². The Morgan fingerprint density at radius 2 is 1.91 bits per heavy atom. The summed E-state index contributed by atoms with van der Waals surface area (Å²) in [5, 5.41) is 2.88. The number of para-hydroxylation sites is 1. The maximum absolute atomic E-state index is 12.6. The predicted octanol–water partition coefficient (Wildman–Crippen LogP) is 2.48. The highest BCUT2D eigenvalue weighted by atomic mass is 16.2. The molecular formula is C18H25N3O2. The average Bonchev–Trinajstić information content (AvgIpc) is 2.73. The van der Waals surface area contributed by atoms with E-state index in [4.69, 9.17) is 0 Å². The molecule has 5 heteroatoms. The number of benzene rings is 1. The van der Waals surface area contributed by atoms with E-state index in [2.05, 4.69) is 5.32 Å². The smallest absolute Gasteiger partial charge is 0.317 e. The Labute approximate surface area is 137 Å². The number of fused-ring (bicyclic) bond motifs is 1. The second kappa shape index (κ2) is 7.02. The highest BCUT2D eigenvalue weighted by Gasteiger charge is 2.36. The Morgan fingerprint density at radius 3 is 2.65 bits per heavy atom. The van der Waals surface area contributed by atoms with Gasteiger partial charge in [-0.25, -0.2) is 4.79 Å². The second-order valence-corrected chi connectivity index (χ2v) is 6.46. The molecule has 1 aromatic rings. The summed E-state index contributed by atoms with van der Waals surface area (Å²) in [5.41, 5.74) is 0.983. The fourth-order valence-corrected chi connectivity index (χ4v) is 3.76. The predicted molar refractivity (Wildman–Crippen MR) is 90.3 cm³/mol. The van der Waals surface area contributed by atoms with Crippen LogP contribution in [0.25, 0.3) is 0 Å². The fraction of sp³-hybridized carbons (Fsp3) is 0.556. The van der Waals surface area contributed by atoms with Crippen LogP contribution in [-0.2, 0) is 4.79 Å². The average molecular weight is 315 g/mol. The van der Waals surface area contributed by atoms with Crippen molar-refractivity contribution in [2.75, 3.05) is 31.1 Å². The van der Waals surface area contributed by atoms with Gasteiger partial charge in [0.1, 0.15) is 0 Å². The molecule has 2 fully saturated rings. The van der Waals surface area contributed by atoms with Crippen LogP contribution in [0.2, 0.25) is 0 Å². The minimum Gasteiger partial charge on any atom is -0.338 e. The van der Waals surface area contributed by atoms with Gasteiger partial charge >= 0.3 is 6.03 Å². The van der Waals surface area contributed by atoms with Gasteiger partial charge in [0, 0.05) is 38.3 Å². The molecule has 2 aliphatic rings. The maximum Gasteiger partial charge on any atom is 0.317 e. The molecule has 2 atom stereocenters. The van der Waals surface area contributed by atoms with Crippen LogP contribution < -0.4 is 10.2 Å². The summed E-state index contributed by atoms with van der Waals surface area (Å²) in [5.74, 6) is 1.04. The summed E-state index contributed by atoms with van der Waals surface area (Å²) in [6.07, 6.45) is 2.49. The molecule has 5 nitrogen and oxygen atoms in total. The van der Waals surface area contributed by atoms with Gasteiger partial charge in [0.2, 0.25) is 5.91 Å². The highest BCUT2D eigenvalue weighted by Crippen LogP contribution is 2.33. The van der Waals surface area contributed by atoms with E-state index in [-0.39, 0.29) is 11.9 Å². The van der Waals surface area contributed by atoms with Crippen molar-refractivity contribution in [3.05, 3.63) is 30.3 Å². The van der Waals surface area contributed by atoms with Crippen LogP contribution in [0.5, 0.6) is 0 Å². The van der Waals surface area contributed by atoms with Crippen LogP contribution in [-0.4, -0.2) is 43.0 Å². The molecule has 0 unspecified atom stereocenters. The molecule has 23 heavy (non-hydrogen) atoms. The lowest BCUT2D eigenvalue weighted by Gasteiger charge is -2.37. The summed E-state index contributed by atoms with van der Waals surface area (Å²) in [4.78, 5) is 28.5. The molecule has 3 rings (SSSR count). The number of hydrogen-bond acceptors (Lipinski definition) is 2. The lowest BCUT2D eigenvalue weighted by Crippen LogP contribution is -2.48.